The van der Waals surface area contributed by atoms with Gasteiger partial charge in [-0.25, -0.2) is 0 Å². The fraction of sp³-hybridized carbons (Fsp3) is 0.533. The lowest BCUT2D eigenvalue weighted by molar-refractivity contribution is -0.135. The van der Waals surface area contributed by atoms with Crippen molar-refractivity contribution in [2.75, 3.05) is 0 Å². The van der Waals surface area contributed by atoms with E-state index >= 15 is 0 Å². The van der Waals surface area contributed by atoms with E-state index in [2.05, 4.69) is 11.8 Å². The minimum atomic E-state index is 0.169. The fourth-order valence-corrected chi connectivity index (χ4v) is 2.61. The zero-order valence-corrected chi connectivity index (χ0v) is 11.4. The van der Waals surface area contributed by atoms with Crippen LogP contribution in [0.2, 0.25) is 5.02 Å². The Kier molecular flexibility index (Phi) is 3.06. The Labute approximate surface area is 113 Å². The molecule has 0 radical (unpaired) electrons. The van der Waals surface area contributed by atoms with E-state index in [0.29, 0.717) is 17.9 Å². The molecule has 3 rings (SSSR count). The van der Waals surface area contributed by atoms with Crippen LogP contribution >= 0.6 is 11.6 Å². The van der Waals surface area contributed by atoms with Crippen molar-refractivity contribution in [3.05, 3.63) is 34.9 Å². The van der Waals surface area contributed by atoms with Gasteiger partial charge >= 0.3 is 0 Å². The first-order valence-corrected chi connectivity index (χ1v) is 7.12. The van der Waals surface area contributed by atoms with Gasteiger partial charge in [-0.1, -0.05) is 23.7 Å². The maximum atomic E-state index is 12.4. The average Bonchev–Trinajstić information content (AvgIpc) is 3.22. The molecule has 2 fully saturated rings. The first-order valence-electron chi connectivity index (χ1n) is 6.74. The van der Waals surface area contributed by atoms with Crippen molar-refractivity contribution in [2.24, 2.45) is 5.92 Å². The number of hydrogen-bond donors (Lipinski definition) is 0. The lowest BCUT2D eigenvalue weighted by atomic mass is 10.1. The summed E-state index contributed by atoms with van der Waals surface area (Å²) in [6, 6.07) is 8.51. The summed E-state index contributed by atoms with van der Waals surface area (Å²) in [6.07, 6.45) is 4.48. The standard InChI is InChI=1S/C15H18ClNO/c1-10(11-4-6-13(16)7-5-11)17(14-8-9-14)15(18)12-2-3-12/h4-7,10,12,14H,2-3,8-9H2,1H3. The highest BCUT2D eigenvalue weighted by molar-refractivity contribution is 6.30. The Morgan fingerprint density at radius 3 is 2.33 bits per heavy atom. The number of carbonyl (C=O) groups excluding carboxylic acids is 1. The third kappa shape index (κ3) is 2.39. The normalized spacial score (nSPS) is 20.6. The van der Waals surface area contributed by atoms with Crippen molar-refractivity contribution in [1.29, 1.82) is 0 Å². The molecule has 0 bridgehead atoms. The monoisotopic (exact) mass is 263 g/mol. The number of carbonyl (C=O) groups is 1. The number of rotatable bonds is 4. The van der Waals surface area contributed by atoms with E-state index in [9.17, 15) is 4.79 Å². The quantitative estimate of drug-likeness (QED) is 0.809. The van der Waals surface area contributed by atoms with E-state index in [-0.39, 0.29) is 6.04 Å². The zero-order valence-electron chi connectivity index (χ0n) is 10.6. The lowest BCUT2D eigenvalue weighted by Gasteiger charge is -2.30. The van der Waals surface area contributed by atoms with Gasteiger partial charge in [0.25, 0.3) is 0 Å². The van der Waals surface area contributed by atoms with Crippen LogP contribution in [0.3, 0.4) is 0 Å². The molecule has 0 heterocycles. The number of hydrogen-bond acceptors (Lipinski definition) is 1. The molecule has 2 aliphatic rings. The molecule has 0 aliphatic heterocycles. The van der Waals surface area contributed by atoms with Crippen molar-refractivity contribution in [3.8, 4) is 0 Å². The predicted molar refractivity (Wildman–Crippen MR) is 72.5 cm³/mol. The SMILES string of the molecule is CC(c1ccc(Cl)cc1)N(C(=O)C1CC1)C1CC1. The van der Waals surface area contributed by atoms with Gasteiger partial charge in [-0.05, 0) is 50.3 Å². The number of amides is 1. The van der Waals surface area contributed by atoms with Crippen molar-refractivity contribution in [2.45, 2.75) is 44.7 Å². The topological polar surface area (TPSA) is 20.3 Å². The number of nitrogens with zero attached hydrogens (tertiary/aromatic N) is 1. The molecule has 2 saturated carbocycles. The van der Waals surface area contributed by atoms with Crippen molar-refractivity contribution < 1.29 is 4.79 Å². The highest BCUT2D eigenvalue weighted by atomic mass is 35.5. The summed E-state index contributed by atoms with van der Waals surface area (Å²) < 4.78 is 0. The van der Waals surface area contributed by atoms with Crippen LogP contribution in [0, 0.1) is 5.92 Å². The molecule has 1 unspecified atom stereocenters. The number of halogens is 1. The smallest absolute Gasteiger partial charge is 0.226 e. The molecule has 3 heteroatoms. The third-order valence-electron chi connectivity index (χ3n) is 3.89. The van der Waals surface area contributed by atoms with Gasteiger partial charge in [0, 0.05) is 17.0 Å². The molecule has 1 aromatic rings. The van der Waals surface area contributed by atoms with E-state index in [0.717, 1.165) is 30.7 Å². The molecule has 2 nitrogen and oxygen atoms in total. The minimum absolute atomic E-state index is 0.169. The Morgan fingerprint density at radius 2 is 1.83 bits per heavy atom. The summed E-state index contributed by atoms with van der Waals surface area (Å²) in [5.41, 5.74) is 1.18. The summed E-state index contributed by atoms with van der Waals surface area (Å²) >= 11 is 5.91. The molecule has 1 aromatic carbocycles. The predicted octanol–water partition coefficient (Wildman–Crippen LogP) is 3.80. The molecule has 0 N–H and O–H groups in total. The maximum absolute atomic E-state index is 12.4. The van der Waals surface area contributed by atoms with E-state index in [1.807, 2.05) is 24.3 Å². The minimum Gasteiger partial charge on any atom is -0.333 e. The molecule has 0 aromatic heterocycles. The third-order valence-corrected chi connectivity index (χ3v) is 4.14. The van der Waals surface area contributed by atoms with E-state index in [1.54, 1.807) is 0 Å². The van der Waals surface area contributed by atoms with Gasteiger partial charge in [0.15, 0.2) is 0 Å². The highest BCUT2D eigenvalue weighted by Gasteiger charge is 2.42. The van der Waals surface area contributed by atoms with Crippen LogP contribution < -0.4 is 0 Å². The second kappa shape index (κ2) is 4.58. The molecule has 18 heavy (non-hydrogen) atoms. The van der Waals surface area contributed by atoms with Gasteiger partial charge < -0.3 is 4.90 Å². The largest absolute Gasteiger partial charge is 0.333 e. The van der Waals surface area contributed by atoms with Gasteiger partial charge in [-0.2, -0.15) is 0 Å². The highest BCUT2D eigenvalue weighted by Crippen LogP contribution is 2.40. The Morgan fingerprint density at radius 1 is 1.22 bits per heavy atom. The van der Waals surface area contributed by atoms with Crippen LogP contribution in [0.15, 0.2) is 24.3 Å². The second-order valence-electron chi connectivity index (χ2n) is 5.48. The van der Waals surface area contributed by atoms with Crippen molar-refractivity contribution in [3.63, 3.8) is 0 Å². The van der Waals surface area contributed by atoms with E-state index < -0.39 is 0 Å². The molecule has 1 amide bonds. The van der Waals surface area contributed by atoms with Crippen molar-refractivity contribution >= 4 is 17.5 Å². The van der Waals surface area contributed by atoms with Gasteiger partial charge in [0.1, 0.15) is 0 Å². The van der Waals surface area contributed by atoms with Crippen molar-refractivity contribution in [1.82, 2.24) is 4.90 Å². The Balaban J connectivity index is 1.80. The summed E-state index contributed by atoms with van der Waals surface area (Å²) in [4.78, 5) is 14.5. The first-order chi connectivity index (χ1) is 8.66. The molecule has 1 atom stereocenters. The molecular formula is C15H18ClNO. The molecule has 0 saturated heterocycles. The lowest BCUT2D eigenvalue weighted by Crippen LogP contribution is -2.36. The molecule has 2 aliphatic carbocycles. The van der Waals surface area contributed by atoms with Crippen LogP contribution in [-0.4, -0.2) is 16.8 Å². The molecule has 96 valence electrons. The van der Waals surface area contributed by atoms with Gasteiger partial charge in [-0.3, -0.25) is 4.79 Å². The maximum Gasteiger partial charge on any atom is 0.226 e. The Hall–Kier alpha value is -1.02. The molecular weight excluding hydrogens is 246 g/mol. The average molecular weight is 264 g/mol. The van der Waals surface area contributed by atoms with Crippen LogP contribution in [-0.2, 0) is 4.79 Å². The van der Waals surface area contributed by atoms with Gasteiger partial charge in [-0.15, -0.1) is 0 Å². The summed E-state index contributed by atoms with van der Waals surface area (Å²) in [5, 5.41) is 0.748. The Bertz CT molecular complexity index is 448. The molecule has 0 spiro atoms. The number of benzene rings is 1. The van der Waals surface area contributed by atoms with E-state index in [1.165, 1.54) is 5.56 Å². The summed E-state index contributed by atoms with van der Waals surface area (Å²) in [5.74, 6) is 0.667. The fourth-order valence-electron chi connectivity index (χ4n) is 2.48. The van der Waals surface area contributed by atoms with Crippen LogP contribution in [0.1, 0.15) is 44.2 Å². The van der Waals surface area contributed by atoms with Gasteiger partial charge in [0.05, 0.1) is 6.04 Å². The summed E-state index contributed by atoms with van der Waals surface area (Å²) in [7, 11) is 0. The zero-order chi connectivity index (χ0) is 12.7. The first kappa shape index (κ1) is 12.0. The summed E-state index contributed by atoms with van der Waals surface area (Å²) in [6.45, 7) is 2.13. The second-order valence-corrected chi connectivity index (χ2v) is 5.91. The van der Waals surface area contributed by atoms with Gasteiger partial charge in [0.2, 0.25) is 5.91 Å². The van der Waals surface area contributed by atoms with E-state index in [4.69, 9.17) is 11.6 Å². The van der Waals surface area contributed by atoms with Crippen LogP contribution in [0.4, 0.5) is 0 Å². The van der Waals surface area contributed by atoms with Crippen LogP contribution in [0.5, 0.6) is 0 Å². The van der Waals surface area contributed by atoms with Crippen LogP contribution in [0.25, 0.3) is 0 Å².